The van der Waals surface area contributed by atoms with E-state index in [9.17, 15) is 18.4 Å². The van der Waals surface area contributed by atoms with Crippen LogP contribution >= 0.6 is 0 Å². The molecular formula is C25H24F2N4O3. The van der Waals surface area contributed by atoms with Gasteiger partial charge in [-0.3, -0.25) is 14.6 Å². The van der Waals surface area contributed by atoms with Gasteiger partial charge < -0.3 is 20.8 Å². The third kappa shape index (κ3) is 5.80. The summed E-state index contributed by atoms with van der Waals surface area (Å²) >= 11 is 0. The van der Waals surface area contributed by atoms with Crippen molar-refractivity contribution < 1.29 is 23.1 Å². The third-order valence-corrected chi connectivity index (χ3v) is 5.00. The molecule has 34 heavy (non-hydrogen) atoms. The highest BCUT2D eigenvalue weighted by Crippen LogP contribution is 2.32. The zero-order valence-electron chi connectivity index (χ0n) is 18.9. The standard InChI is InChI=1S/C25H24F2N4O3/c1-15(28)22(23(32)30-17-8-6-7-16(13-17)25(2,26)27)24(33)31-18-10-11-21(34-3)19(14-18)20-9-4-5-12-29-20/h4-14,22,28H,1-3H3,(H,30,32)(H,31,33). The number of benzene rings is 2. The number of nitrogens with one attached hydrogen (secondary N) is 3. The number of hydrogen-bond donors (Lipinski definition) is 3. The predicted octanol–water partition coefficient (Wildman–Crippen LogP) is 5.10. The van der Waals surface area contributed by atoms with E-state index in [0.29, 0.717) is 22.7 Å². The smallest absolute Gasteiger partial charge is 0.270 e. The molecule has 0 saturated carbocycles. The van der Waals surface area contributed by atoms with Crippen LogP contribution in [0.5, 0.6) is 5.75 Å². The van der Waals surface area contributed by atoms with Gasteiger partial charge in [-0.05, 0) is 49.4 Å². The lowest BCUT2D eigenvalue weighted by atomic mass is 10.0. The monoisotopic (exact) mass is 466 g/mol. The molecule has 0 fully saturated rings. The van der Waals surface area contributed by atoms with Gasteiger partial charge in [0.15, 0.2) is 5.92 Å². The summed E-state index contributed by atoms with van der Waals surface area (Å²) in [6.45, 7) is 2.08. The maximum atomic E-state index is 13.6. The summed E-state index contributed by atoms with van der Waals surface area (Å²) in [7, 11) is 1.52. The quantitative estimate of drug-likeness (QED) is 0.317. The number of amides is 2. The minimum atomic E-state index is -3.09. The van der Waals surface area contributed by atoms with Crippen molar-refractivity contribution in [2.75, 3.05) is 17.7 Å². The Bertz CT molecular complexity index is 1210. The van der Waals surface area contributed by atoms with Gasteiger partial charge in [0.05, 0.1) is 12.8 Å². The van der Waals surface area contributed by atoms with E-state index < -0.39 is 23.7 Å². The van der Waals surface area contributed by atoms with Gasteiger partial charge in [-0.25, -0.2) is 8.78 Å². The number of pyridine rings is 1. The van der Waals surface area contributed by atoms with Crippen LogP contribution in [0, 0.1) is 11.3 Å². The van der Waals surface area contributed by atoms with Crippen molar-refractivity contribution in [3.8, 4) is 17.0 Å². The number of carbonyl (C=O) groups is 2. The minimum absolute atomic E-state index is 0.102. The molecule has 0 bridgehead atoms. The summed E-state index contributed by atoms with van der Waals surface area (Å²) in [4.78, 5) is 30.0. The highest BCUT2D eigenvalue weighted by molar-refractivity contribution is 6.24. The SMILES string of the molecule is COc1ccc(NC(=O)C(C(C)=N)C(=O)Nc2cccc(C(C)(F)F)c2)cc1-c1ccccn1. The zero-order valence-corrected chi connectivity index (χ0v) is 18.9. The van der Waals surface area contributed by atoms with E-state index in [1.54, 1.807) is 36.5 Å². The second kappa shape index (κ2) is 10.2. The summed E-state index contributed by atoms with van der Waals surface area (Å²) in [5, 5.41) is 13.1. The van der Waals surface area contributed by atoms with Crippen LogP contribution in [0.15, 0.2) is 66.9 Å². The number of alkyl halides is 2. The number of methoxy groups -OCH3 is 1. The minimum Gasteiger partial charge on any atom is -0.496 e. The molecule has 3 N–H and O–H groups in total. The second-order valence-corrected chi connectivity index (χ2v) is 7.69. The fourth-order valence-electron chi connectivity index (χ4n) is 3.32. The van der Waals surface area contributed by atoms with Gasteiger partial charge in [-0.15, -0.1) is 0 Å². The van der Waals surface area contributed by atoms with Crippen molar-refractivity contribution in [2.24, 2.45) is 5.92 Å². The largest absolute Gasteiger partial charge is 0.496 e. The summed E-state index contributed by atoms with van der Waals surface area (Å²) in [6.07, 6.45) is 1.63. The molecule has 0 radical (unpaired) electrons. The van der Waals surface area contributed by atoms with Gasteiger partial charge in [0, 0.05) is 41.3 Å². The first kappa shape index (κ1) is 24.5. The van der Waals surface area contributed by atoms with Crippen LogP contribution in [0.1, 0.15) is 19.4 Å². The molecule has 0 spiro atoms. The fourth-order valence-corrected chi connectivity index (χ4v) is 3.32. The Kier molecular flexibility index (Phi) is 7.35. The highest BCUT2D eigenvalue weighted by atomic mass is 19.3. The van der Waals surface area contributed by atoms with Gasteiger partial charge >= 0.3 is 0 Å². The summed E-state index contributed by atoms with van der Waals surface area (Å²) in [5.74, 6) is -5.55. The normalized spacial score (nSPS) is 11.9. The third-order valence-electron chi connectivity index (χ3n) is 5.00. The molecule has 0 saturated heterocycles. The molecule has 0 aliphatic carbocycles. The maximum absolute atomic E-state index is 13.6. The van der Waals surface area contributed by atoms with Gasteiger partial charge in [0.2, 0.25) is 11.8 Å². The van der Waals surface area contributed by atoms with E-state index >= 15 is 0 Å². The lowest BCUT2D eigenvalue weighted by molar-refractivity contribution is -0.126. The molecule has 3 aromatic rings. The summed E-state index contributed by atoms with van der Waals surface area (Å²) in [6, 6.07) is 15.5. The van der Waals surface area contributed by atoms with Crippen LogP contribution in [-0.4, -0.2) is 29.6 Å². The van der Waals surface area contributed by atoms with Gasteiger partial charge in [0.1, 0.15) is 5.75 Å². The maximum Gasteiger partial charge on any atom is 0.270 e. The van der Waals surface area contributed by atoms with Crippen LogP contribution < -0.4 is 15.4 Å². The first-order valence-corrected chi connectivity index (χ1v) is 10.3. The predicted molar refractivity (Wildman–Crippen MR) is 126 cm³/mol. The number of nitrogens with zero attached hydrogens (tertiary/aromatic N) is 1. The second-order valence-electron chi connectivity index (χ2n) is 7.69. The summed E-state index contributed by atoms with van der Waals surface area (Å²) < 4.78 is 32.6. The number of rotatable bonds is 8. The molecule has 1 heterocycles. The summed E-state index contributed by atoms with van der Waals surface area (Å²) in [5.41, 5.74) is 1.25. The van der Waals surface area contributed by atoms with Gasteiger partial charge in [-0.1, -0.05) is 18.2 Å². The molecule has 0 aliphatic rings. The van der Waals surface area contributed by atoms with Crippen molar-refractivity contribution in [3.63, 3.8) is 0 Å². The van der Waals surface area contributed by atoms with E-state index in [2.05, 4.69) is 15.6 Å². The Morgan fingerprint density at radius 3 is 2.24 bits per heavy atom. The fraction of sp³-hybridized carbons (Fsp3) is 0.200. The number of carbonyl (C=O) groups excluding carboxylic acids is 2. The van der Waals surface area contributed by atoms with Crippen molar-refractivity contribution >= 4 is 28.9 Å². The molecule has 1 aromatic heterocycles. The Labute approximate surface area is 195 Å². The van der Waals surface area contributed by atoms with E-state index in [-0.39, 0.29) is 17.0 Å². The van der Waals surface area contributed by atoms with Crippen LogP contribution in [0.3, 0.4) is 0 Å². The first-order chi connectivity index (χ1) is 16.1. The Morgan fingerprint density at radius 2 is 1.68 bits per heavy atom. The Hall–Kier alpha value is -4.14. The lowest BCUT2D eigenvalue weighted by Crippen LogP contribution is -2.38. The molecule has 1 atom stereocenters. The van der Waals surface area contributed by atoms with Crippen LogP contribution in [0.4, 0.5) is 20.2 Å². The van der Waals surface area contributed by atoms with E-state index in [1.807, 2.05) is 6.07 Å². The van der Waals surface area contributed by atoms with Crippen LogP contribution in [0.25, 0.3) is 11.3 Å². The van der Waals surface area contributed by atoms with Crippen molar-refractivity contribution in [2.45, 2.75) is 19.8 Å². The Balaban J connectivity index is 1.82. The average Bonchev–Trinajstić information content (AvgIpc) is 2.79. The molecule has 176 valence electrons. The molecule has 2 aromatic carbocycles. The van der Waals surface area contributed by atoms with E-state index in [4.69, 9.17) is 10.1 Å². The van der Waals surface area contributed by atoms with Crippen LogP contribution in [0.2, 0.25) is 0 Å². The van der Waals surface area contributed by atoms with Crippen LogP contribution in [-0.2, 0) is 15.5 Å². The Morgan fingerprint density at radius 1 is 1.00 bits per heavy atom. The molecule has 7 nitrogen and oxygen atoms in total. The number of hydrogen-bond acceptors (Lipinski definition) is 5. The van der Waals surface area contributed by atoms with Crippen molar-refractivity contribution in [1.82, 2.24) is 4.98 Å². The molecule has 3 rings (SSSR count). The molecule has 0 aliphatic heterocycles. The van der Waals surface area contributed by atoms with E-state index in [0.717, 1.165) is 13.0 Å². The van der Waals surface area contributed by atoms with Gasteiger partial charge in [-0.2, -0.15) is 0 Å². The van der Waals surface area contributed by atoms with Crippen molar-refractivity contribution in [1.29, 1.82) is 5.41 Å². The lowest BCUT2D eigenvalue weighted by Gasteiger charge is -2.18. The van der Waals surface area contributed by atoms with Crippen molar-refractivity contribution in [3.05, 3.63) is 72.4 Å². The number of anilines is 2. The average molecular weight is 466 g/mol. The first-order valence-electron chi connectivity index (χ1n) is 10.3. The van der Waals surface area contributed by atoms with E-state index in [1.165, 1.54) is 32.2 Å². The molecule has 1 unspecified atom stereocenters. The highest BCUT2D eigenvalue weighted by Gasteiger charge is 2.30. The molecule has 9 heteroatoms. The topological polar surface area (TPSA) is 104 Å². The molecular weight excluding hydrogens is 442 g/mol. The number of aromatic nitrogens is 1. The van der Waals surface area contributed by atoms with Gasteiger partial charge in [0.25, 0.3) is 5.92 Å². The number of ether oxygens (including phenoxy) is 1. The molecule has 2 amide bonds. The number of halogens is 2. The zero-order chi connectivity index (χ0) is 24.9.